The fourth-order valence-electron chi connectivity index (χ4n) is 1.40. The molecule has 1 amide bonds. The first-order valence-corrected chi connectivity index (χ1v) is 3.89. The van der Waals surface area contributed by atoms with Crippen molar-refractivity contribution in [2.24, 2.45) is 0 Å². The first-order chi connectivity index (χ1) is 6.18. The highest BCUT2D eigenvalue weighted by Gasteiger charge is 2.25. The van der Waals surface area contributed by atoms with Gasteiger partial charge in [-0.25, -0.2) is 4.79 Å². The van der Waals surface area contributed by atoms with Gasteiger partial charge in [0.15, 0.2) is 0 Å². The maximum Gasteiger partial charge on any atom is 0.407 e. The third-order valence-electron chi connectivity index (χ3n) is 2.14. The minimum Gasteiger partial charge on any atom is -0.465 e. The number of carbonyl (C=O) groups is 1. The Bertz CT molecular complexity index is 347. The van der Waals surface area contributed by atoms with Gasteiger partial charge < -0.3 is 20.3 Å². The van der Waals surface area contributed by atoms with Crippen LogP contribution in [0.15, 0.2) is 4.52 Å². The number of hydrogen-bond acceptors (Lipinski definition) is 4. The highest BCUT2D eigenvalue weighted by Crippen LogP contribution is 2.23. The molecule has 0 fully saturated rings. The summed E-state index contributed by atoms with van der Waals surface area (Å²) in [7, 11) is 0. The molecule has 1 aliphatic rings. The lowest BCUT2D eigenvalue weighted by Crippen LogP contribution is -2.34. The molecule has 0 atom stereocenters. The van der Waals surface area contributed by atoms with Gasteiger partial charge in [0.25, 0.3) is 0 Å². The van der Waals surface area contributed by atoms with Gasteiger partial charge in [0.2, 0.25) is 5.88 Å². The van der Waals surface area contributed by atoms with E-state index in [0.29, 0.717) is 18.5 Å². The lowest BCUT2D eigenvalue weighted by molar-refractivity contribution is 0.140. The van der Waals surface area contributed by atoms with E-state index in [-0.39, 0.29) is 12.4 Å². The predicted octanol–water partition coefficient (Wildman–Crippen LogP) is 0.293. The van der Waals surface area contributed by atoms with Crippen molar-refractivity contribution in [1.82, 2.24) is 10.1 Å². The smallest absolute Gasteiger partial charge is 0.407 e. The summed E-state index contributed by atoms with van der Waals surface area (Å²) in [5.41, 5.74) is 6.95. The van der Waals surface area contributed by atoms with Gasteiger partial charge in [-0.2, -0.15) is 0 Å². The Hall–Kier alpha value is -1.72. The summed E-state index contributed by atoms with van der Waals surface area (Å²) >= 11 is 0. The van der Waals surface area contributed by atoms with Gasteiger partial charge in [0.1, 0.15) is 0 Å². The zero-order valence-electron chi connectivity index (χ0n) is 6.86. The van der Waals surface area contributed by atoms with E-state index >= 15 is 0 Å². The van der Waals surface area contributed by atoms with E-state index in [1.165, 1.54) is 4.90 Å². The van der Waals surface area contributed by atoms with Crippen LogP contribution >= 0.6 is 0 Å². The maximum absolute atomic E-state index is 10.6. The van der Waals surface area contributed by atoms with Crippen molar-refractivity contribution >= 4 is 12.0 Å². The number of amides is 1. The number of nitrogen functional groups attached to an aromatic ring is 1. The molecular weight excluding hydrogens is 174 g/mol. The highest BCUT2D eigenvalue weighted by atomic mass is 16.5. The minimum absolute atomic E-state index is 0.223. The topological polar surface area (TPSA) is 92.6 Å². The summed E-state index contributed by atoms with van der Waals surface area (Å²) < 4.78 is 4.75. The summed E-state index contributed by atoms with van der Waals surface area (Å²) in [6.07, 6.45) is -0.367. The molecule has 1 aromatic heterocycles. The van der Waals surface area contributed by atoms with Crippen LogP contribution in [0.4, 0.5) is 10.7 Å². The van der Waals surface area contributed by atoms with Crippen molar-refractivity contribution in [1.29, 1.82) is 0 Å². The summed E-state index contributed by atoms with van der Waals surface area (Å²) in [5.74, 6) is 0.223. The Kier molecular flexibility index (Phi) is 1.61. The molecule has 1 aliphatic heterocycles. The van der Waals surface area contributed by atoms with Crippen molar-refractivity contribution in [2.75, 3.05) is 12.3 Å². The quantitative estimate of drug-likeness (QED) is 0.603. The van der Waals surface area contributed by atoms with Crippen LogP contribution in [-0.4, -0.2) is 27.8 Å². The van der Waals surface area contributed by atoms with E-state index in [9.17, 15) is 4.79 Å². The molecule has 6 nitrogen and oxygen atoms in total. The fourth-order valence-corrected chi connectivity index (χ4v) is 1.40. The second-order valence-electron chi connectivity index (χ2n) is 2.93. The van der Waals surface area contributed by atoms with Crippen molar-refractivity contribution < 1.29 is 14.4 Å². The van der Waals surface area contributed by atoms with Gasteiger partial charge in [0.05, 0.1) is 17.8 Å². The molecule has 3 N–H and O–H groups in total. The normalized spacial score (nSPS) is 15.5. The maximum atomic E-state index is 10.6. The summed E-state index contributed by atoms with van der Waals surface area (Å²) in [6.45, 7) is 0.730. The number of anilines is 1. The molecule has 0 radical (unpaired) electrons. The van der Waals surface area contributed by atoms with Gasteiger partial charge in [-0.15, -0.1) is 0 Å². The van der Waals surface area contributed by atoms with Gasteiger partial charge >= 0.3 is 6.09 Å². The van der Waals surface area contributed by atoms with E-state index < -0.39 is 6.09 Å². The molecule has 0 saturated carbocycles. The molecule has 6 heteroatoms. The molecule has 0 spiro atoms. The second kappa shape index (κ2) is 2.65. The van der Waals surface area contributed by atoms with Crippen molar-refractivity contribution in [3.8, 4) is 0 Å². The van der Waals surface area contributed by atoms with Gasteiger partial charge in [0, 0.05) is 13.0 Å². The highest BCUT2D eigenvalue weighted by molar-refractivity contribution is 5.66. The Labute approximate surface area is 73.9 Å². The number of fused-ring (bicyclic) bond motifs is 1. The molecule has 70 valence electrons. The monoisotopic (exact) mass is 183 g/mol. The molecule has 1 aromatic rings. The summed E-state index contributed by atoms with van der Waals surface area (Å²) in [6, 6.07) is 0. The Morgan fingerprint density at radius 1 is 1.69 bits per heavy atom. The zero-order valence-corrected chi connectivity index (χ0v) is 6.86. The number of hydrogen-bond donors (Lipinski definition) is 2. The average molecular weight is 183 g/mol. The third-order valence-corrected chi connectivity index (χ3v) is 2.14. The van der Waals surface area contributed by atoms with Crippen LogP contribution in [0.25, 0.3) is 0 Å². The van der Waals surface area contributed by atoms with Crippen LogP contribution in [0.5, 0.6) is 0 Å². The average Bonchev–Trinajstić information content (AvgIpc) is 2.47. The molecule has 13 heavy (non-hydrogen) atoms. The van der Waals surface area contributed by atoms with Crippen molar-refractivity contribution in [3.05, 3.63) is 11.3 Å². The van der Waals surface area contributed by atoms with Crippen LogP contribution in [0.2, 0.25) is 0 Å². The van der Waals surface area contributed by atoms with Crippen LogP contribution in [0.3, 0.4) is 0 Å². The van der Waals surface area contributed by atoms with Crippen LogP contribution in [0.1, 0.15) is 11.3 Å². The molecule has 0 aliphatic carbocycles. The van der Waals surface area contributed by atoms with Crippen molar-refractivity contribution in [3.63, 3.8) is 0 Å². The fraction of sp³-hybridized carbons (Fsp3) is 0.429. The minimum atomic E-state index is -0.939. The molecule has 0 unspecified atom stereocenters. The predicted molar refractivity (Wildman–Crippen MR) is 43.1 cm³/mol. The Morgan fingerprint density at radius 3 is 3.15 bits per heavy atom. The number of nitrogens with two attached hydrogens (primary N) is 1. The number of aromatic nitrogens is 1. The first-order valence-electron chi connectivity index (χ1n) is 3.89. The second-order valence-corrected chi connectivity index (χ2v) is 2.93. The van der Waals surface area contributed by atoms with E-state index in [0.717, 1.165) is 5.69 Å². The van der Waals surface area contributed by atoms with Crippen LogP contribution in [0, 0.1) is 0 Å². The number of nitrogens with zero attached hydrogens (tertiary/aromatic N) is 2. The summed E-state index contributed by atoms with van der Waals surface area (Å²) in [4.78, 5) is 11.9. The molecular formula is C7H9N3O3. The largest absolute Gasteiger partial charge is 0.465 e. The molecule has 2 heterocycles. The van der Waals surface area contributed by atoms with Crippen LogP contribution in [-0.2, 0) is 13.0 Å². The van der Waals surface area contributed by atoms with Crippen LogP contribution < -0.4 is 5.73 Å². The summed E-state index contributed by atoms with van der Waals surface area (Å²) in [5, 5.41) is 12.5. The van der Waals surface area contributed by atoms with Gasteiger partial charge in [-0.05, 0) is 0 Å². The van der Waals surface area contributed by atoms with E-state index in [4.69, 9.17) is 15.4 Å². The number of carboxylic acid groups (broad SMARTS) is 1. The molecule has 2 rings (SSSR count). The van der Waals surface area contributed by atoms with Gasteiger partial charge in [-0.3, -0.25) is 0 Å². The first kappa shape index (κ1) is 7.90. The lowest BCUT2D eigenvalue weighted by atomic mass is 10.1. The van der Waals surface area contributed by atoms with E-state index in [1.54, 1.807) is 0 Å². The third kappa shape index (κ3) is 1.20. The Morgan fingerprint density at radius 2 is 2.46 bits per heavy atom. The molecule has 0 aromatic carbocycles. The molecule has 0 bridgehead atoms. The Balaban J connectivity index is 2.27. The van der Waals surface area contributed by atoms with E-state index in [2.05, 4.69) is 5.16 Å². The SMILES string of the molecule is Nc1onc2c1CN(C(=O)O)CC2. The number of rotatable bonds is 0. The lowest BCUT2D eigenvalue weighted by Gasteiger charge is -2.22. The van der Waals surface area contributed by atoms with Gasteiger partial charge in [-0.1, -0.05) is 5.16 Å². The molecule has 0 saturated heterocycles. The zero-order chi connectivity index (χ0) is 9.42. The van der Waals surface area contributed by atoms with Crippen molar-refractivity contribution in [2.45, 2.75) is 13.0 Å². The standard InChI is InChI=1S/C7H9N3O3/c8-6-4-3-10(7(11)12)2-1-5(4)9-13-6/h1-3,8H2,(H,11,12). The van der Waals surface area contributed by atoms with E-state index in [1.807, 2.05) is 0 Å².